The quantitative estimate of drug-likeness (QED) is 0.918. The summed E-state index contributed by atoms with van der Waals surface area (Å²) in [6.07, 6.45) is 0.0236. The largest absolute Gasteiger partial charge is 0.481 e. The molecule has 1 amide bonds. The van der Waals surface area contributed by atoms with Crippen molar-refractivity contribution in [1.82, 2.24) is 4.90 Å². The lowest BCUT2D eigenvalue weighted by Crippen LogP contribution is -2.50. The Hall–Kier alpha value is -2.08. The molecule has 1 aromatic carbocycles. The maximum absolute atomic E-state index is 12.8. The van der Waals surface area contributed by atoms with Crippen molar-refractivity contribution in [1.29, 1.82) is 0 Å². The normalized spacial score (nSPS) is 21.1. The number of rotatable bonds is 4. The molecule has 0 radical (unpaired) electrons. The van der Waals surface area contributed by atoms with E-state index in [-0.39, 0.29) is 18.1 Å². The first kappa shape index (κ1) is 17.3. The number of hydrogen-bond acceptors (Lipinski definition) is 4. The maximum atomic E-state index is 12.8. The van der Waals surface area contributed by atoms with E-state index in [4.69, 9.17) is 14.6 Å². The van der Waals surface area contributed by atoms with Gasteiger partial charge < -0.3 is 19.5 Å². The van der Waals surface area contributed by atoms with Gasteiger partial charge in [-0.05, 0) is 51.0 Å². The van der Waals surface area contributed by atoms with Crippen molar-refractivity contribution in [3.8, 4) is 5.75 Å². The van der Waals surface area contributed by atoms with Crippen LogP contribution in [0.5, 0.6) is 5.75 Å². The Morgan fingerprint density at radius 2 is 1.91 bits per heavy atom. The van der Waals surface area contributed by atoms with E-state index >= 15 is 0 Å². The van der Waals surface area contributed by atoms with Crippen LogP contribution in [0.1, 0.15) is 35.3 Å². The molecule has 0 aromatic heterocycles. The van der Waals surface area contributed by atoms with E-state index in [1.807, 2.05) is 32.6 Å². The van der Waals surface area contributed by atoms with Gasteiger partial charge in [0.1, 0.15) is 5.75 Å². The third kappa shape index (κ3) is 4.01. The first-order valence-corrected chi connectivity index (χ1v) is 7.68. The summed E-state index contributed by atoms with van der Waals surface area (Å²) in [4.78, 5) is 25.2. The summed E-state index contributed by atoms with van der Waals surface area (Å²) in [5, 5.41) is 8.73. The predicted octanol–water partition coefficient (Wildman–Crippen LogP) is 2.02. The van der Waals surface area contributed by atoms with Gasteiger partial charge in [0.25, 0.3) is 5.91 Å². The molecule has 6 nitrogen and oxygen atoms in total. The van der Waals surface area contributed by atoms with Gasteiger partial charge >= 0.3 is 5.97 Å². The number of carbonyl (C=O) groups is 2. The number of amides is 1. The van der Waals surface area contributed by atoms with E-state index in [9.17, 15) is 9.59 Å². The molecule has 23 heavy (non-hydrogen) atoms. The first-order valence-electron chi connectivity index (χ1n) is 7.68. The number of hydrogen-bond donors (Lipinski definition) is 1. The van der Waals surface area contributed by atoms with Crippen LogP contribution in [0.15, 0.2) is 12.1 Å². The molecule has 2 rings (SSSR count). The van der Waals surface area contributed by atoms with Crippen LogP contribution in [0.25, 0.3) is 0 Å². The number of ether oxygens (including phenoxy) is 2. The van der Waals surface area contributed by atoms with Gasteiger partial charge in [0.2, 0.25) is 0 Å². The van der Waals surface area contributed by atoms with Crippen LogP contribution in [0.3, 0.4) is 0 Å². The third-order valence-electron chi connectivity index (χ3n) is 3.92. The van der Waals surface area contributed by atoms with Gasteiger partial charge in [0.05, 0.1) is 18.8 Å². The molecule has 0 aliphatic carbocycles. The molecule has 1 aromatic rings. The highest BCUT2D eigenvalue weighted by Crippen LogP contribution is 2.26. The molecule has 0 spiro atoms. The van der Waals surface area contributed by atoms with Crippen molar-refractivity contribution in [2.45, 2.75) is 39.8 Å². The lowest BCUT2D eigenvalue weighted by molar-refractivity contribution is -0.139. The monoisotopic (exact) mass is 321 g/mol. The van der Waals surface area contributed by atoms with Crippen LogP contribution in [0.4, 0.5) is 0 Å². The second kappa shape index (κ2) is 7.00. The zero-order valence-electron chi connectivity index (χ0n) is 14.0. The topological polar surface area (TPSA) is 76.1 Å². The molecule has 2 unspecified atom stereocenters. The molecule has 1 aliphatic heterocycles. The number of nitrogens with zero attached hydrogens (tertiary/aromatic N) is 1. The van der Waals surface area contributed by atoms with E-state index in [2.05, 4.69) is 0 Å². The van der Waals surface area contributed by atoms with Crippen molar-refractivity contribution < 1.29 is 24.2 Å². The van der Waals surface area contributed by atoms with Crippen LogP contribution in [-0.2, 0) is 9.53 Å². The standard InChI is InChI=1S/C17H23NO5/c1-10-5-14(6-11(2)16(10)23-9-15(19)20)17(21)18-7-13(4)22-8-12(18)3/h5-6,12-13H,7-9H2,1-4H3,(H,19,20). The van der Waals surface area contributed by atoms with Gasteiger partial charge in [-0.25, -0.2) is 4.79 Å². The fourth-order valence-corrected chi connectivity index (χ4v) is 2.79. The maximum Gasteiger partial charge on any atom is 0.341 e. The van der Waals surface area contributed by atoms with E-state index in [1.165, 1.54) is 0 Å². The van der Waals surface area contributed by atoms with Crippen molar-refractivity contribution >= 4 is 11.9 Å². The van der Waals surface area contributed by atoms with Crippen LogP contribution in [0.2, 0.25) is 0 Å². The molecular weight excluding hydrogens is 298 g/mol. The van der Waals surface area contributed by atoms with Gasteiger partial charge in [-0.15, -0.1) is 0 Å². The number of carboxylic acids is 1. The fourth-order valence-electron chi connectivity index (χ4n) is 2.79. The fraction of sp³-hybridized carbons (Fsp3) is 0.529. The van der Waals surface area contributed by atoms with Gasteiger partial charge in [-0.2, -0.15) is 0 Å². The molecule has 126 valence electrons. The highest BCUT2D eigenvalue weighted by molar-refractivity contribution is 5.95. The summed E-state index contributed by atoms with van der Waals surface area (Å²) in [6, 6.07) is 3.53. The van der Waals surface area contributed by atoms with Gasteiger partial charge in [-0.3, -0.25) is 4.79 Å². The molecular formula is C17H23NO5. The summed E-state index contributed by atoms with van der Waals surface area (Å²) in [5.41, 5.74) is 2.09. The Bertz CT molecular complexity index is 590. The van der Waals surface area contributed by atoms with Crippen LogP contribution < -0.4 is 4.74 Å². The Morgan fingerprint density at radius 3 is 2.48 bits per heavy atom. The summed E-state index contributed by atoms with van der Waals surface area (Å²) in [7, 11) is 0. The van der Waals surface area contributed by atoms with E-state index in [0.29, 0.717) is 24.5 Å². The second-order valence-electron chi connectivity index (χ2n) is 6.07. The number of carbonyl (C=O) groups excluding carboxylic acids is 1. The van der Waals surface area contributed by atoms with Gasteiger partial charge in [-0.1, -0.05) is 0 Å². The molecule has 1 heterocycles. The summed E-state index contributed by atoms with van der Waals surface area (Å²) < 4.78 is 10.9. The van der Waals surface area contributed by atoms with E-state index < -0.39 is 12.6 Å². The number of carboxylic acid groups (broad SMARTS) is 1. The Labute approximate surface area is 136 Å². The summed E-state index contributed by atoms with van der Waals surface area (Å²) in [6.45, 7) is 8.24. The number of morpholine rings is 1. The zero-order chi connectivity index (χ0) is 17.1. The van der Waals surface area contributed by atoms with E-state index in [0.717, 1.165) is 11.1 Å². The summed E-state index contributed by atoms with van der Waals surface area (Å²) in [5.74, 6) is -0.545. The Balaban J connectivity index is 2.23. The SMILES string of the molecule is Cc1cc(C(=O)N2CC(C)OCC2C)cc(C)c1OCC(=O)O. The Kier molecular flexibility index (Phi) is 5.26. The molecule has 1 fully saturated rings. The van der Waals surface area contributed by atoms with Crippen LogP contribution in [0, 0.1) is 13.8 Å². The smallest absolute Gasteiger partial charge is 0.341 e. The number of aryl methyl sites for hydroxylation is 2. The molecule has 1 N–H and O–H groups in total. The van der Waals surface area contributed by atoms with Gasteiger partial charge in [0.15, 0.2) is 6.61 Å². The van der Waals surface area contributed by atoms with Crippen molar-refractivity contribution in [2.24, 2.45) is 0 Å². The van der Waals surface area contributed by atoms with Gasteiger partial charge in [0, 0.05) is 12.1 Å². The summed E-state index contributed by atoms with van der Waals surface area (Å²) >= 11 is 0. The minimum Gasteiger partial charge on any atom is -0.481 e. The highest BCUT2D eigenvalue weighted by Gasteiger charge is 2.28. The lowest BCUT2D eigenvalue weighted by atomic mass is 10.0. The predicted molar refractivity (Wildman–Crippen MR) is 85.0 cm³/mol. The molecule has 1 aliphatic rings. The minimum absolute atomic E-state index is 0.0236. The third-order valence-corrected chi connectivity index (χ3v) is 3.92. The van der Waals surface area contributed by atoms with E-state index in [1.54, 1.807) is 12.1 Å². The zero-order valence-corrected chi connectivity index (χ0v) is 14.0. The molecule has 0 saturated carbocycles. The first-order chi connectivity index (χ1) is 10.8. The Morgan fingerprint density at radius 1 is 1.30 bits per heavy atom. The average Bonchev–Trinajstić information content (AvgIpc) is 2.47. The second-order valence-corrected chi connectivity index (χ2v) is 6.07. The number of benzene rings is 1. The van der Waals surface area contributed by atoms with Crippen molar-refractivity contribution in [3.05, 3.63) is 28.8 Å². The van der Waals surface area contributed by atoms with Crippen LogP contribution in [-0.4, -0.2) is 53.8 Å². The van der Waals surface area contributed by atoms with Crippen molar-refractivity contribution in [2.75, 3.05) is 19.8 Å². The van der Waals surface area contributed by atoms with Crippen LogP contribution >= 0.6 is 0 Å². The minimum atomic E-state index is -1.03. The molecule has 1 saturated heterocycles. The average molecular weight is 321 g/mol. The molecule has 0 bridgehead atoms. The molecule has 2 atom stereocenters. The number of aliphatic carboxylic acids is 1. The highest BCUT2D eigenvalue weighted by atomic mass is 16.5. The molecule has 6 heteroatoms. The van der Waals surface area contributed by atoms with Crippen molar-refractivity contribution in [3.63, 3.8) is 0 Å². The lowest BCUT2D eigenvalue weighted by Gasteiger charge is -2.37.